The molecule has 0 saturated carbocycles. The van der Waals surface area contributed by atoms with Gasteiger partial charge >= 0.3 is 11.9 Å². The zero-order valence-corrected chi connectivity index (χ0v) is 12.4. The fraction of sp³-hybridized carbons (Fsp3) is 0.583. The second-order valence-corrected chi connectivity index (χ2v) is 4.84. The molecule has 8 N–H and O–H groups in total. The van der Waals surface area contributed by atoms with Crippen LogP contribution in [0, 0.1) is 0 Å². The summed E-state index contributed by atoms with van der Waals surface area (Å²) in [6, 6.07) is -3.83. The number of rotatable bonds is 10. The van der Waals surface area contributed by atoms with Crippen LogP contribution in [0.25, 0.3) is 0 Å². The molecule has 0 aromatic heterocycles. The highest BCUT2D eigenvalue weighted by Gasteiger charge is 2.26. The van der Waals surface area contributed by atoms with Crippen LogP contribution in [0.1, 0.15) is 26.2 Å². The lowest BCUT2D eigenvalue weighted by Crippen LogP contribution is -2.53. The SMILES string of the molecule is C[C@H](NC(=O)[C@@H](N)CCC(N)=O)C(=O)N[C@@H](CC(=O)O)C(=O)O. The molecule has 0 aliphatic carbocycles. The van der Waals surface area contributed by atoms with Crippen LogP contribution in [0.2, 0.25) is 0 Å². The molecule has 0 aromatic carbocycles. The Labute approximate surface area is 131 Å². The minimum absolute atomic E-state index is 0.00767. The molecule has 0 rings (SSSR count). The predicted molar refractivity (Wildman–Crippen MR) is 75.8 cm³/mol. The van der Waals surface area contributed by atoms with Gasteiger partial charge in [0.15, 0.2) is 0 Å². The maximum absolute atomic E-state index is 11.8. The number of nitrogens with one attached hydrogen (secondary N) is 2. The second kappa shape index (κ2) is 9.35. The number of carboxylic acid groups (broad SMARTS) is 2. The maximum atomic E-state index is 11.8. The maximum Gasteiger partial charge on any atom is 0.326 e. The molecule has 0 unspecified atom stereocenters. The smallest absolute Gasteiger partial charge is 0.326 e. The molecule has 0 aliphatic rings. The van der Waals surface area contributed by atoms with E-state index in [4.69, 9.17) is 21.7 Å². The predicted octanol–water partition coefficient (Wildman–Crippen LogP) is -2.87. The zero-order valence-electron chi connectivity index (χ0n) is 12.4. The van der Waals surface area contributed by atoms with Crippen LogP contribution in [-0.2, 0) is 24.0 Å². The summed E-state index contributed by atoms with van der Waals surface area (Å²) in [6.45, 7) is 1.27. The third kappa shape index (κ3) is 8.36. The molecule has 11 heteroatoms. The van der Waals surface area contributed by atoms with Crippen molar-refractivity contribution in [3.8, 4) is 0 Å². The highest BCUT2D eigenvalue weighted by atomic mass is 16.4. The number of carbonyl (C=O) groups is 5. The minimum atomic E-state index is -1.62. The summed E-state index contributed by atoms with van der Waals surface area (Å²) >= 11 is 0. The van der Waals surface area contributed by atoms with Crippen LogP contribution >= 0.6 is 0 Å². The number of amides is 3. The molecule has 3 atom stereocenters. The van der Waals surface area contributed by atoms with E-state index in [1.165, 1.54) is 6.92 Å². The van der Waals surface area contributed by atoms with Gasteiger partial charge in [0.1, 0.15) is 12.1 Å². The number of primary amides is 1. The van der Waals surface area contributed by atoms with Crippen LogP contribution in [0.3, 0.4) is 0 Å². The van der Waals surface area contributed by atoms with E-state index in [0.717, 1.165) is 0 Å². The van der Waals surface area contributed by atoms with E-state index in [1.54, 1.807) is 0 Å². The third-order valence-electron chi connectivity index (χ3n) is 2.78. The Kier molecular flexibility index (Phi) is 8.26. The van der Waals surface area contributed by atoms with Crippen LogP contribution < -0.4 is 22.1 Å². The average molecular weight is 332 g/mol. The van der Waals surface area contributed by atoms with Crippen LogP contribution in [0.15, 0.2) is 0 Å². The molecule has 0 radical (unpaired) electrons. The summed E-state index contributed by atoms with van der Waals surface area (Å²) in [6.07, 6.45) is -0.916. The highest BCUT2D eigenvalue weighted by molar-refractivity contribution is 5.92. The molecule has 0 bridgehead atoms. The summed E-state index contributed by atoms with van der Waals surface area (Å²) in [5.74, 6) is -5.15. The van der Waals surface area contributed by atoms with E-state index >= 15 is 0 Å². The largest absolute Gasteiger partial charge is 0.481 e. The van der Waals surface area contributed by atoms with E-state index < -0.39 is 54.2 Å². The lowest BCUT2D eigenvalue weighted by Gasteiger charge is -2.19. The highest BCUT2D eigenvalue weighted by Crippen LogP contribution is 1.97. The quantitative estimate of drug-likeness (QED) is 0.245. The molecule has 0 aromatic rings. The molecule has 11 nitrogen and oxygen atoms in total. The number of hydrogen-bond acceptors (Lipinski definition) is 6. The normalized spacial score (nSPS) is 14.2. The van der Waals surface area contributed by atoms with E-state index in [1.807, 2.05) is 5.32 Å². The first-order chi connectivity index (χ1) is 10.5. The molecule has 0 spiro atoms. The first-order valence-corrected chi connectivity index (χ1v) is 6.63. The first kappa shape index (κ1) is 20.3. The summed E-state index contributed by atoms with van der Waals surface area (Å²) in [5, 5.41) is 21.6. The van der Waals surface area contributed by atoms with Crippen molar-refractivity contribution >= 4 is 29.7 Å². The van der Waals surface area contributed by atoms with Gasteiger partial charge in [-0.15, -0.1) is 0 Å². The zero-order chi connectivity index (χ0) is 18.2. The van der Waals surface area contributed by atoms with E-state index in [9.17, 15) is 24.0 Å². The fourth-order valence-electron chi connectivity index (χ4n) is 1.49. The summed E-state index contributed by atoms with van der Waals surface area (Å²) in [4.78, 5) is 55.4. The Morgan fingerprint density at radius 2 is 1.61 bits per heavy atom. The molecule has 23 heavy (non-hydrogen) atoms. The van der Waals surface area contributed by atoms with Crippen molar-refractivity contribution in [2.45, 2.75) is 44.3 Å². The lowest BCUT2D eigenvalue weighted by atomic mass is 10.1. The Morgan fingerprint density at radius 3 is 2.04 bits per heavy atom. The van der Waals surface area contributed by atoms with Gasteiger partial charge in [-0.3, -0.25) is 19.2 Å². The minimum Gasteiger partial charge on any atom is -0.481 e. The van der Waals surface area contributed by atoms with Crippen LogP contribution in [0.4, 0.5) is 0 Å². The van der Waals surface area contributed by atoms with Crippen molar-refractivity contribution in [1.29, 1.82) is 0 Å². The van der Waals surface area contributed by atoms with E-state index in [2.05, 4.69) is 5.32 Å². The second-order valence-electron chi connectivity index (χ2n) is 4.84. The standard InChI is InChI=1S/C12H20N4O7/c1-5(15-11(21)6(13)2-3-8(14)17)10(20)16-7(12(22)23)4-9(18)19/h5-7H,2-4,13H2,1H3,(H2,14,17)(H,15,21)(H,16,20)(H,18,19)(H,22,23)/t5-,6-,7-/m0/s1. The number of carboxylic acids is 2. The van der Waals surface area contributed by atoms with Gasteiger partial charge in [-0.2, -0.15) is 0 Å². The van der Waals surface area contributed by atoms with Crippen molar-refractivity contribution in [2.75, 3.05) is 0 Å². The summed E-state index contributed by atoms with van der Waals surface area (Å²) in [5.41, 5.74) is 10.4. The Morgan fingerprint density at radius 1 is 1.04 bits per heavy atom. The molecule has 3 amide bonds. The molecule has 0 aliphatic heterocycles. The monoisotopic (exact) mass is 332 g/mol. The Balaban J connectivity index is 4.52. The molecule has 0 saturated heterocycles. The molecule has 0 heterocycles. The summed E-state index contributed by atoms with van der Waals surface area (Å²) < 4.78 is 0. The van der Waals surface area contributed by atoms with Gasteiger partial charge in [0.25, 0.3) is 0 Å². The number of hydrogen-bond donors (Lipinski definition) is 6. The van der Waals surface area contributed by atoms with Gasteiger partial charge in [0.05, 0.1) is 12.5 Å². The van der Waals surface area contributed by atoms with Gasteiger partial charge < -0.3 is 32.3 Å². The van der Waals surface area contributed by atoms with Crippen molar-refractivity contribution in [3.63, 3.8) is 0 Å². The van der Waals surface area contributed by atoms with Gasteiger partial charge in [-0.25, -0.2) is 4.79 Å². The van der Waals surface area contributed by atoms with Gasteiger partial charge in [0.2, 0.25) is 17.7 Å². The van der Waals surface area contributed by atoms with Gasteiger partial charge in [0, 0.05) is 6.42 Å². The third-order valence-corrected chi connectivity index (χ3v) is 2.78. The number of carbonyl (C=O) groups excluding carboxylic acids is 3. The molecule has 130 valence electrons. The summed E-state index contributed by atoms with van der Waals surface area (Å²) in [7, 11) is 0. The van der Waals surface area contributed by atoms with Crippen LogP contribution in [0.5, 0.6) is 0 Å². The first-order valence-electron chi connectivity index (χ1n) is 6.63. The molecular formula is C12H20N4O7. The Bertz CT molecular complexity index is 494. The van der Waals surface area contributed by atoms with Crippen molar-refractivity contribution in [1.82, 2.24) is 10.6 Å². The average Bonchev–Trinajstić information content (AvgIpc) is 2.42. The van der Waals surface area contributed by atoms with Gasteiger partial charge in [-0.1, -0.05) is 0 Å². The van der Waals surface area contributed by atoms with Crippen molar-refractivity contribution < 1.29 is 34.2 Å². The Hall–Kier alpha value is -2.69. The molecular weight excluding hydrogens is 312 g/mol. The fourth-order valence-corrected chi connectivity index (χ4v) is 1.49. The number of nitrogens with two attached hydrogens (primary N) is 2. The van der Waals surface area contributed by atoms with Gasteiger partial charge in [-0.05, 0) is 13.3 Å². The van der Waals surface area contributed by atoms with E-state index in [-0.39, 0.29) is 12.8 Å². The van der Waals surface area contributed by atoms with Crippen LogP contribution in [-0.4, -0.2) is 58.0 Å². The van der Waals surface area contributed by atoms with Crippen molar-refractivity contribution in [3.05, 3.63) is 0 Å². The van der Waals surface area contributed by atoms with Crippen molar-refractivity contribution in [2.24, 2.45) is 11.5 Å². The topological polar surface area (TPSA) is 202 Å². The number of aliphatic carboxylic acids is 2. The molecule has 0 fully saturated rings. The lowest BCUT2D eigenvalue weighted by molar-refractivity contribution is -0.147. The van der Waals surface area contributed by atoms with E-state index in [0.29, 0.717) is 0 Å².